The fourth-order valence-electron chi connectivity index (χ4n) is 2.13. The number of fused-ring (bicyclic) bond motifs is 1. The maximum absolute atomic E-state index is 10.8. The maximum atomic E-state index is 10.8. The Balaban J connectivity index is 2.77. The Hall–Kier alpha value is -2.07. The molecule has 4 heteroatoms. The highest BCUT2D eigenvalue weighted by atomic mass is 16.4. The number of benzene rings is 2. The molecule has 0 saturated carbocycles. The molecule has 0 aliphatic heterocycles. The minimum Gasteiger partial charge on any atom is -0.507 e. The molecule has 1 atom stereocenters. The molecule has 1 unspecified atom stereocenters. The van der Waals surface area contributed by atoms with Crippen LogP contribution in [0, 0.1) is 13.8 Å². The smallest absolute Gasteiger partial charge is 0.337 e. The molecule has 4 nitrogen and oxygen atoms in total. The predicted octanol–water partition coefficient (Wildman–Crippen LogP) is 2.28. The number of phenols is 1. The molecular formula is C14H14O4. The molecular weight excluding hydrogens is 232 g/mol. The Morgan fingerprint density at radius 3 is 2.50 bits per heavy atom. The number of aliphatic carboxylic acids is 1. The van der Waals surface area contributed by atoms with Gasteiger partial charge < -0.3 is 15.3 Å². The number of carboxylic acids is 1. The first-order valence-electron chi connectivity index (χ1n) is 5.55. The van der Waals surface area contributed by atoms with Crippen molar-refractivity contribution in [1.29, 1.82) is 0 Å². The number of carboxylic acid groups (broad SMARTS) is 1. The van der Waals surface area contributed by atoms with Crippen LogP contribution in [0.5, 0.6) is 5.75 Å². The van der Waals surface area contributed by atoms with Gasteiger partial charge in [0.1, 0.15) is 5.75 Å². The SMILES string of the molecule is Cc1ccc2c(O)c(C(O)C(=O)O)c(C)cc2c1. The standard InChI is InChI=1S/C14H14O4/c1-7-3-4-10-9(5-7)6-8(2)11(12(10)15)13(16)14(17)18/h3-6,13,15-16H,1-2H3,(H,17,18). The van der Waals surface area contributed by atoms with Crippen molar-refractivity contribution < 1.29 is 20.1 Å². The molecule has 0 aromatic heterocycles. The number of aliphatic hydroxyl groups excluding tert-OH is 1. The summed E-state index contributed by atoms with van der Waals surface area (Å²) in [5.41, 5.74) is 1.66. The van der Waals surface area contributed by atoms with Crippen molar-refractivity contribution in [3.05, 3.63) is 41.0 Å². The van der Waals surface area contributed by atoms with E-state index in [9.17, 15) is 15.0 Å². The monoisotopic (exact) mass is 246 g/mol. The van der Waals surface area contributed by atoms with Gasteiger partial charge in [0.15, 0.2) is 6.10 Å². The summed E-state index contributed by atoms with van der Waals surface area (Å²) in [6, 6.07) is 7.22. The second-order valence-corrected chi connectivity index (χ2v) is 4.42. The summed E-state index contributed by atoms with van der Waals surface area (Å²) < 4.78 is 0. The molecule has 2 aromatic carbocycles. The second-order valence-electron chi connectivity index (χ2n) is 4.42. The van der Waals surface area contributed by atoms with Gasteiger partial charge in [0.05, 0.1) is 0 Å². The molecule has 3 N–H and O–H groups in total. The van der Waals surface area contributed by atoms with Crippen LogP contribution in [0.3, 0.4) is 0 Å². The summed E-state index contributed by atoms with van der Waals surface area (Å²) >= 11 is 0. The third kappa shape index (κ3) is 1.91. The number of hydrogen-bond donors (Lipinski definition) is 3. The predicted molar refractivity (Wildman–Crippen MR) is 67.7 cm³/mol. The first kappa shape index (κ1) is 12.4. The third-order valence-corrected chi connectivity index (χ3v) is 3.02. The van der Waals surface area contributed by atoms with Gasteiger partial charge in [-0.05, 0) is 24.8 Å². The van der Waals surface area contributed by atoms with E-state index in [4.69, 9.17) is 5.11 Å². The van der Waals surface area contributed by atoms with Gasteiger partial charge in [0.25, 0.3) is 0 Å². The van der Waals surface area contributed by atoms with Crippen molar-refractivity contribution >= 4 is 16.7 Å². The zero-order chi connectivity index (χ0) is 13.4. The fourth-order valence-corrected chi connectivity index (χ4v) is 2.13. The van der Waals surface area contributed by atoms with E-state index in [2.05, 4.69) is 0 Å². The lowest BCUT2D eigenvalue weighted by Crippen LogP contribution is -2.12. The number of hydrogen-bond acceptors (Lipinski definition) is 3. The Bertz CT molecular complexity index is 631. The molecule has 0 bridgehead atoms. The third-order valence-electron chi connectivity index (χ3n) is 3.02. The number of aromatic hydroxyl groups is 1. The van der Waals surface area contributed by atoms with Crippen LogP contribution in [0.15, 0.2) is 24.3 Å². The molecule has 18 heavy (non-hydrogen) atoms. The Labute approximate surface area is 104 Å². The van der Waals surface area contributed by atoms with E-state index in [0.717, 1.165) is 10.9 Å². The molecule has 0 amide bonds. The van der Waals surface area contributed by atoms with Gasteiger partial charge in [-0.1, -0.05) is 29.8 Å². The van der Waals surface area contributed by atoms with E-state index >= 15 is 0 Å². The maximum Gasteiger partial charge on any atom is 0.337 e. The summed E-state index contributed by atoms with van der Waals surface area (Å²) in [6.45, 7) is 3.61. The van der Waals surface area contributed by atoms with E-state index in [-0.39, 0.29) is 11.3 Å². The summed E-state index contributed by atoms with van der Waals surface area (Å²) in [5, 5.41) is 29.9. The fraction of sp³-hybridized carbons (Fsp3) is 0.214. The molecule has 0 spiro atoms. The number of rotatable bonds is 2. The molecule has 0 aliphatic carbocycles. The molecule has 0 saturated heterocycles. The summed E-state index contributed by atoms with van der Waals surface area (Å²) in [6.07, 6.45) is -1.71. The number of aliphatic hydroxyl groups is 1. The van der Waals surface area contributed by atoms with Crippen LogP contribution in [0.2, 0.25) is 0 Å². The van der Waals surface area contributed by atoms with Gasteiger partial charge in [-0.2, -0.15) is 0 Å². The Morgan fingerprint density at radius 1 is 1.22 bits per heavy atom. The van der Waals surface area contributed by atoms with Gasteiger partial charge in [-0.15, -0.1) is 0 Å². The van der Waals surface area contributed by atoms with Crippen LogP contribution in [-0.2, 0) is 4.79 Å². The zero-order valence-corrected chi connectivity index (χ0v) is 10.1. The lowest BCUT2D eigenvalue weighted by Gasteiger charge is -2.14. The van der Waals surface area contributed by atoms with Crippen LogP contribution in [0.4, 0.5) is 0 Å². The summed E-state index contributed by atoms with van der Waals surface area (Å²) in [5.74, 6) is -1.54. The van der Waals surface area contributed by atoms with E-state index in [1.54, 1.807) is 19.1 Å². The lowest BCUT2D eigenvalue weighted by molar-refractivity contribution is -0.147. The van der Waals surface area contributed by atoms with Gasteiger partial charge in [0, 0.05) is 10.9 Å². The molecule has 2 rings (SSSR count). The summed E-state index contributed by atoms with van der Waals surface area (Å²) in [4.78, 5) is 10.8. The van der Waals surface area contributed by atoms with Crippen LogP contribution in [-0.4, -0.2) is 21.3 Å². The van der Waals surface area contributed by atoms with Gasteiger partial charge in [0.2, 0.25) is 0 Å². The first-order valence-corrected chi connectivity index (χ1v) is 5.55. The van der Waals surface area contributed by atoms with Gasteiger partial charge >= 0.3 is 5.97 Å². The minimum absolute atomic E-state index is 0.0545. The van der Waals surface area contributed by atoms with E-state index in [1.807, 2.05) is 19.1 Å². The average molecular weight is 246 g/mol. The lowest BCUT2D eigenvalue weighted by atomic mass is 9.95. The topological polar surface area (TPSA) is 77.8 Å². The summed E-state index contributed by atoms with van der Waals surface area (Å²) in [7, 11) is 0. The highest BCUT2D eigenvalue weighted by Crippen LogP contribution is 2.35. The van der Waals surface area contributed by atoms with Crippen molar-refractivity contribution in [3.8, 4) is 5.75 Å². The molecule has 0 radical (unpaired) electrons. The van der Waals surface area contributed by atoms with Crippen molar-refractivity contribution in [1.82, 2.24) is 0 Å². The van der Waals surface area contributed by atoms with Crippen molar-refractivity contribution in [2.45, 2.75) is 20.0 Å². The molecule has 2 aromatic rings. The quantitative estimate of drug-likeness (QED) is 0.759. The average Bonchev–Trinajstić information content (AvgIpc) is 2.27. The van der Waals surface area contributed by atoms with Crippen LogP contribution in [0.25, 0.3) is 10.8 Å². The van der Waals surface area contributed by atoms with E-state index < -0.39 is 12.1 Å². The van der Waals surface area contributed by atoms with Crippen LogP contribution < -0.4 is 0 Å². The van der Waals surface area contributed by atoms with Crippen molar-refractivity contribution in [2.24, 2.45) is 0 Å². The normalized spacial score (nSPS) is 12.6. The first-order chi connectivity index (χ1) is 8.41. The van der Waals surface area contributed by atoms with E-state index in [1.165, 1.54) is 0 Å². The molecule has 0 aliphatic rings. The van der Waals surface area contributed by atoms with E-state index in [0.29, 0.717) is 10.9 Å². The van der Waals surface area contributed by atoms with Crippen LogP contribution in [0.1, 0.15) is 22.8 Å². The largest absolute Gasteiger partial charge is 0.507 e. The van der Waals surface area contributed by atoms with Crippen molar-refractivity contribution in [2.75, 3.05) is 0 Å². The molecule has 0 heterocycles. The highest BCUT2D eigenvalue weighted by molar-refractivity contribution is 5.92. The number of aryl methyl sites for hydroxylation is 2. The Morgan fingerprint density at radius 2 is 1.89 bits per heavy atom. The van der Waals surface area contributed by atoms with Gasteiger partial charge in [-0.3, -0.25) is 0 Å². The minimum atomic E-state index is -1.71. The number of carbonyl (C=O) groups is 1. The number of phenolic OH excluding ortho intramolecular Hbond substituents is 1. The second kappa shape index (κ2) is 4.31. The Kier molecular flexibility index (Phi) is 2.97. The zero-order valence-electron chi connectivity index (χ0n) is 10.1. The molecule has 0 fully saturated rings. The molecule has 94 valence electrons. The van der Waals surface area contributed by atoms with Crippen LogP contribution >= 0.6 is 0 Å². The van der Waals surface area contributed by atoms with Crippen molar-refractivity contribution in [3.63, 3.8) is 0 Å². The highest BCUT2D eigenvalue weighted by Gasteiger charge is 2.23. The van der Waals surface area contributed by atoms with Gasteiger partial charge in [-0.25, -0.2) is 4.79 Å².